The van der Waals surface area contributed by atoms with Crippen LogP contribution in [-0.2, 0) is 9.47 Å². The van der Waals surface area contributed by atoms with Gasteiger partial charge in [0.2, 0.25) is 5.95 Å². The molecule has 0 aromatic carbocycles. The number of terminal acetylenes is 1. The van der Waals surface area contributed by atoms with Crippen molar-refractivity contribution < 1.29 is 19.7 Å². The number of aryl methyl sites for hydroxylation is 1. The highest BCUT2D eigenvalue weighted by Gasteiger charge is 2.45. The molecule has 4 N–H and O–H groups in total. The van der Waals surface area contributed by atoms with Crippen LogP contribution in [0.15, 0.2) is 11.0 Å². The van der Waals surface area contributed by atoms with E-state index >= 15 is 0 Å². The molecule has 114 valence electrons. The summed E-state index contributed by atoms with van der Waals surface area (Å²) in [6.45, 7) is 1.16. The molecule has 8 nitrogen and oxygen atoms in total. The number of ether oxygens (including phenoxy) is 2. The van der Waals surface area contributed by atoms with Gasteiger partial charge in [0.1, 0.15) is 24.9 Å². The second-order valence-electron chi connectivity index (χ2n) is 4.71. The van der Waals surface area contributed by atoms with Crippen molar-refractivity contribution in [2.24, 2.45) is 0 Å². The third-order valence-electron chi connectivity index (χ3n) is 3.28. The number of nitrogen functional groups attached to an aromatic ring is 1. The van der Waals surface area contributed by atoms with E-state index in [-0.39, 0.29) is 19.2 Å². The fraction of sp³-hybridized carbons (Fsp3) is 0.538. The number of anilines is 1. The Morgan fingerprint density at radius 2 is 2.38 bits per heavy atom. The Hall–Kier alpha value is -1.92. The number of aliphatic hydroxyl groups is 2. The van der Waals surface area contributed by atoms with Crippen LogP contribution in [0.2, 0.25) is 0 Å². The average Bonchev–Trinajstić information content (AvgIpc) is 2.77. The van der Waals surface area contributed by atoms with E-state index in [1.54, 1.807) is 6.92 Å². The van der Waals surface area contributed by atoms with Crippen LogP contribution in [0.25, 0.3) is 0 Å². The lowest BCUT2D eigenvalue weighted by molar-refractivity contribution is -0.0649. The summed E-state index contributed by atoms with van der Waals surface area (Å²) in [5.74, 6) is 2.22. The number of hydrogen-bond acceptors (Lipinski definition) is 7. The first-order valence-electron chi connectivity index (χ1n) is 6.34. The molecule has 0 amide bonds. The molecule has 1 aromatic heterocycles. The molecular formula is C13H17N3O5. The van der Waals surface area contributed by atoms with Crippen LogP contribution in [0.5, 0.6) is 0 Å². The molecule has 0 saturated carbocycles. The molecule has 0 aliphatic carbocycles. The summed E-state index contributed by atoms with van der Waals surface area (Å²) in [4.78, 5) is 15.1. The fourth-order valence-electron chi connectivity index (χ4n) is 2.20. The van der Waals surface area contributed by atoms with Crippen molar-refractivity contribution >= 4 is 5.95 Å². The fourth-order valence-corrected chi connectivity index (χ4v) is 2.20. The highest BCUT2D eigenvalue weighted by molar-refractivity contribution is 5.21. The smallest absolute Gasteiger partial charge is 0.277 e. The topological polar surface area (TPSA) is 120 Å². The van der Waals surface area contributed by atoms with Crippen molar-refractivity contribution in [2.45, 2.75) is 31.5 Å². The van der Waals surface area contributed by atoms with Crippen LogP contribution < -0.4 is 11.3 Å². The van der Waals surface area contributed by atoms with E-state index in [2.05, 4.69) is 10.9 Å². The second kappa shape index (κ2) is 6.24. The predicted octanol–water partition coefficient (Wildman–Crippen LogP) is -1.60. The van der Waals surface area contributed by atoms with Crippen molar-refractivity contribution in [1.82, 2.24) is 9.55 Å². The molecule has 0 bridgehead atoms. The zero-order chi connectivity index (χ0) is 15.6. The van der Waals surface area contributed by atoms with Gasteiger partial charge in [-0.2, -0.15) is 4.98 Å². The Labute approximate surface area is 121 Å². The summed E-state index contributed by atoms with van der Waals surface area (Å²) in [5.41, 5.74) is 5.65. The highest BCUT2D eigenvalue weighted by Crippen LogP contribution is 2.32. The molecule has 1 aliphatic heterocycles. The summed E-state index contributed by atoms with van der Waals surface area (Å²) < 4.78 is 12.3. The van der Waals surface area contributed by atoms with Crippen LogP contribution in [0.3, 0.4) is 0 Å². The van der Waals surface area contributed by atoms with E-state index in [9.17, 15) is 15.0 Å². The van der Waals surface area contributed by atoms with Gasteiger partial charge in [-0.1, -0.05) is 5.92 Å². The minimum atomic E-state index is -1.08. The molecule has 1 aromatic rings. The zero-order valence-electron chi connectivity index (χ0n) is 11.5. The van der Waals surface area contributed by atoms with Crippen molar-refractivity contribution in [3.8, 4) is 12.3 Å². The number of rotatable bonds is 4. The first kappa shape index (κ1) is 15.5. The Kier molecular flexibility index (Phi) is 4.59. The van der Waals surface area contributed by atoms with Gasteiger partial charge in [0.05, 0.1) is 6.61 Å². The summed E-state index contributed by atoms with van der Waals surface area (Å²) in [7, 11) is 0. The average molecular weight is 295 g/mol. The van der Waals surface area contributed by atoms with E-state index in [1.807, 2.05) is 0 Å². The molecule has 1 aliphatic rings. The number of nitrogens with zero attached hydrogens (tertiary/aromatic N) is 2. The van der Waals surface area contributed by atoms with Gasteiger partial charge in [-0.15, -0.1) is 6.42 Å². The standard InChI is InChI=1S/C13H17N3O5/c1-3-4-20-10-9(18)8(6-17)21-12(10)16-5-7(2)11(19)15-13(16)14/h1,5,8-10,12,17-18H,4,6H2,2H3,(H2,14,15,19)/t8-,9-,10-,12-/m1/s1. The number of nitrogens with two attached hydrogens (primary N) is 1. The van der Waals surface area contributed by atoms with Crippen molar-refractivity contribution in [3.63, 3.8) is 0 Å². The molecule has 0 spiro atoms. The van der Waals surface area contributed by atoms with E-state index in [1.165, 1.54) is 10.8 Å². The minimum absolute atomic E-state index is 0.0355. The van der Waals surface area contributed by atoms with E-state index in [0.717, 1.165) is 0 Å². The van der Waals surface area contributed by atoms with Crippen LogP contribution in [0, 0.1) is 19.3 Å². The molecule has 0 unspecified atom stereocenters. The van der Waals surface area contributed by atoms with E-state index in [0.29, 0.717) is 5.56 Å². The van der Waals surface area contributed by atoms with Crippen molar-refractivity contribution in [1.29, 1.82) is 0 Å². The Morgan fingerprint density at radius 1 is 1.67 bits per heavy atom. The maximum Gasteiger partial charge on any atom is 0.277 e. The SMILES string of the molecule is C#CCO[C@@H]1[C@H](O)[C@@H](CO)O[C@H]1n1cc(C)c(=O)nc1N. The largest absolute Gasteiger partial charge is 0.394 e. The number of aliphatic hydroxyl groups excluding tert-OH is 2. The van der Waals surface area contributed by atoms with Crippen LogP contribution in [-0.4, -0.2) is 51.3 Å². The number of hydrogen-bond donors (Lipinski definition) is 3. The molecule has 2 heterocycles. The van der Waals surface area contributed by atoms with Crippen LogP contribution >= 0.6 is 0 Å². The molecule has 1 saturated heterocycles. The third kappa shape index (κ3) is 2.91. The molecule has 4 atom stereocenters. The van der Waals surface area contributed by atoms with Gasteiger partial charge in [0, 0.05) is 11.8 Å². The molecule has 21 heavy (non-hydrogen) atoms. The Morgan fingerprint density at radius 3 is 3.00 bits per heavy atom. The van der Waals surface area contributed by atoms with Crippen LogP contribution in [0.1, 0.15) is 11.8 Å². The summed E-state index contributed by atoms with van der Waals surface area (Å²) in [6, 6.07) is 0. The van der Waals surface area contributed by atoms with Crippen molar-refractivity contribution in [3.05, 3.63) is 22.1 Å². The van der Waals surface area contributed by atoms with E-state index < -0.39 is 30.1 Å². The maximum atomic E-state index is 11.5. The number of aromatic nitrogens is 2. The van der Waals surface area contributed by atoms with E-state index in [4.69, 9.17) is 21.6 Å². The Balaban J connectivity index is 2.38. The lowest BCUT2D eigenvalue weighted by Gasteiger charge is -2.23. The second-order valence-corrected chi connectivity index (χ2v) is 4.71. The molecule has 2 rings (SSSR count). The van der Waals surface area contributed by atoms with Crippen molar-refractivity contribution in [2.75, 3.05) is 18.9 Å². The minimum Gasteiger partial charge on any atom is -0.394 e. The third-order valence-corrected chi connectivity index (χ3v) is 3.28. The van der Waals surface area contributed by atoms with Gasteiger partial charge in [0.15, 0.2) is 6.23 Å². The van der Waals surface area contributed by atoms with Crippen LogP contribution in [0.4, 0.5) is 5.95 Å². The van der Waals surface area contributed by atoms with Gasteiger partial charge >= 0.3 is 0 Å². The van der Waals surface area contributed by atoms with Gasteiger partial charge in [-0.3, -0.25) is 9.36 Å². The summed E-state index contributed by atoms with van der Waals surface area (Å²) >= 11 is 0. The highest BCUT2D eigenvalue weighted by atomic mass is 16.6. The molecule has 1 fully saturated rings. The normalized spacial score (nSPS) is 28.5. The first-order chi connectivity index (χ1) is 9.99. The first-order valence-corrected chi connectivity index (χ1v) is 6.34. The molecular weight excluding hydrogens is 278 g/mol. The lowest BCUT2D eigenvalue weighted by Crippen LogP contribution is -2.36. The molecule has 8 heteroatoms. The van der Waals surface area contributed by atoms with Gasteiger partial charge in [-0.25, -0.2) is 0 Å². The summed E-state index contributed by atoms with van der Waals surface area (Å²) in [6.07, 6.45) is 3.03. The lowest BCUT2D eigenvalue weighted by atomic mass is 10.1. The Bertz CT molecular complexity index is 609. The van der Waals surface area contributed by atoms with Gasteiger partial charge < -0.3 is 25.4 Å². The monoisotopic (exact) mass is 295 g/mol. The maximum absolute atomic E-state index is 11.5. The molecule has 0 radical (unpaired) electrons. The van der Waals surface area contributed by atoms with Gasteiger partial charge in [0.25, 0.3) is 5.56 Å². The zero-order valence-corrected chi connectivity index (χ0v) is 11.5. The summed E-state index contributed by atoms with van der Waals surface area (Å²) in [5, 5.41) is 19.3. The van der Waals surface area contributed by atoms with Gasteiger partial charge in [-0.05, 0) is 6.92 Å². The predicted molar refractivity (Wildman–Crippen MR) is 73.2 cm³/mol. The quantitative estimate of drug-likeness (QED) is 0.572.